The summed E-state index contributed by atoms with van der Waals surface area (Å²) in [5.41, 5.74) is 1.99. The first-order chi connectivity index (χ1) is 9.79. The highest BCUT2D eigenvalue weighted by Crippen LogP contribution is 2.22. The third-order valence-electron chi connectivity index (χ3n) is 4.29. The van der Waals surface area contributed by atoms with E-state index in [4.69, 9.17) is 0 Å². The second kappa shape index (κ2) is 6.49. The van der Waals surface area contributed by atoms with Crippen molar-refractivity contribution in [3.05, 3.63) is 33.8 Å². The van der Waals surface area contributed by atoms with Gasteiger partial charge in [-0.05, 0) is 58.2 Å². The molecule has 3 nitrogen and oxygen atoms in total. The van der Waals surface area contributed by atoms with Crippen LogP contribution < -0.4 is 5.32 Å². The highest BCUT2D eigenvalue weighted by molar-refractivity contribution is 9.10. The molecule has 0 radical (unpaired) electrons. The van der Waals surface area contributed by atoms with Crippen molar-refractivity contribution >= 4 is 21.8 Å². The number of rotatable bonds is 2. The fourth-order valence-corrected chi connectivity index (χ4v) is 3.18. The van der Waals surface area contributed by atoms with Crippen molar-refractivity contribution in [2.24, 2.45) is 0 Å². The average Bonchev–Trinajstić information content (AvgIpc) is 2.41. The van der Waals surface area contributed by atoms with Gasteiger partial charge in [-0.15, -0.1) is 0 Å². The summed E-state index contributed by atoms with van der Waals surface area (Å²) in [5, 5.41) is 3.19. The van der Waals surface area contributed by atoms with Crippen molar-refractivity contribution in [3.63, 3.8) is 0 Å². The van der Waals surface area contributed by atoms with Crippen LogP contribution in [0.3, 0.4) is 0 Å². The minimum Gasteiger partial charge on any atom is -0.349 e. The first kappa shape index (κ1) is 16.5. The summed E-state index contributed by atoms with van der Waals surface area (Å²) in [6.07, 6.45) is 2.05. The first-order valence-corrected chi connectivity index (χ1v) is 8.39. The lowest BCUT2D eigenvalue weighted by Crippen LogP contribution is -2.50. The Morgan fingerprint density at radius 2 is 1.90 bits per heavy atom. The molecule has 0 spiro atoms. The quantitative estimate of drug-likeness (QED) is 0.878. The summed E-state index contributed by atoms with van der Waals surface area (Å²) in [5.74, 6) is 0.0445. The van der Waals surface area contributed by atoms with Crippen molar-refractivity contribution in [1.82, 2.24) is 10.2 Å². The molecule has 2 rings (SSSR count). The van der Waals surface area contributed by atoms with Crippen molar-refractivity contribution in [2.45, 2.75) is 52.1 Å². The molecule has 0 saturated carbocycles. The van der Waals surface area contributed by atoms with Gasteiger partial charge in [0.15, 0.2) is 0 Å². The molecule has 1 aliphatic rings. The van der Waals surface area contributed by atoms with Gasteiger partial charge in [-0.25, -0.2) is 0 Å². The molecule has 1 aromatic rings. The van der Waals surface area contributed by atoms with Gasteiger partial charge in [0.2, 0.25) is 0 Å². The maximum atomic E-state index is 12.4. The first-order valence-electron chi connectivity index (χ1n) is 7.60. The second-order valence-electron chi connectivity index (χ2n) is 6.82. The van der Waals surface area contributed by atoms with E-state index < -0.39 is 0 Å². The lowest BCUT2D eigenvalue weighted by Gasteiger charge is -2.41. The number of carbonyl (C=O) groups excluding carboxylic acids is 1. The summed E-state index contributed by atoms with van der Waals surface area (Å²) >= 11 is 3.48. The minimum atomic E-state index is 0.0445. The van der Waals surface area contributed by atoms with Crippen molar-refractivity contribution < 1.29 is 4.79 Å². The van der Waals surface area contributed by atoms with Crippen LogP contribution in [0.5, 0.6) is 0 Å². The van der Waals surface area contributed by atoms with Crippen molar-refractivity contribution in [3.8, 4) is 0 Å². The van der Waals surface area contributed by atoms with Crippen molar-refractivity contribution in [2.75, 3.05) is 13.1 Å². The molecule has 4 heteroatoms. The van der Waals surface area contributed by atoms with Gasteiger partial charge < -0.3 is 5.32 Å². The number of nitrogens with zero attached hydrogens (tertiary/aromatic N) is 1. The van der Waals surface area contributed by atoms with Crippen LogP contribution in [0.2, 0.25) is 0 Å². The maximum absolute atomic E-state index is 12.4. The molecule has 1 fully saturated rings. The molecular formula is C17H25BrN2O. The van der Waals surface area contributed by atoms with E-state index >= 15 is 0 Å². The molecule has 21 heavy (non-hydrogen) atoms. The molecule has 1 saturated heterocycles. The Bertz CT molecular complexity index is 514. The molecule has 1 amide bonds. The number of nitrogens with one attached hydrogen (secondary N) is 1. The Kier molecular flexibility index (Phi) is 5.10. The van der Waals surface area contributed by atoms with Gasteiger partial charge >= 0.3 is 0 Å². The van der Waals surface area contributed by atoms with E-state index in [9.17, 15) is 4.79 Å². The van der Waals surface area contributed by atoms with Crippen LogP contribution in [0.15, 0.2) is 22.7 Å². The third kappa shape index (κ3) is 4.07. The van der Waals surface area contributed by atoms with Crippen LogP contribution in [-0.2, 0) is 0 Å². The Labute approximate surface area is 136 Å². The number of carbonyl (C=O) groups is 1. The van der Waals surface area contributed by atoms with Crippen LogP contribution in [0.4, 0.5) is 0 Å². The number of likely N-dealkylation sites (tertiary alicyclic amines) is 1. The molecule has 0 aromatic heterocycles. The summed E-state index contributed by atoms with van der Waals surface area (Å²) in [7, 11) is 0. The molecule has 0 unspecified atom stereocenters. The van der Waals surface area contributed by atoms with Crippen molar-refractivity contribution in [1.29, 1.82) is 0 Å². The standard InChI is InChI=1S/C17H25BrN2O/c1-12-14(6-5-7-15(12)18)16(21)19-13-8-10-20(11-9-13)17(2,3)4/h5-7,13H,8-11H2,1-4H3,(H,19,21). The number of amides is 1. The zero-order valence-electron chi connectivity index (χ0n) is 13.4. The molecule has 116 valence electrons. The van der Waals surface area contributed by atoms with Gasteiger partial charge in [0, 0.05) is 34.7 Å². The Morgan fingerprint density at radius 1 is 1.29 bits per heavy atom. The molecule has 0 atom stereocenters. The molecular weight excluding hydrogens is 328 g/mol. The van der Waals surface area contributed by atoms with E-state index in [2.05, 4.69) is 46.9 Å². The highest BCUT2D eigenvalue weighted by atomic mass is 79.9. The van der Waals surface area contributed by atoms with Crippen LogP contribution in [-0.4, -0.2) is 35.5 Å². The van der Waals surface area contributed by atoms with E-state index in [0.717, 1.165) is 41.5 Å². The number of hydrogen-bond donors (Lipinski definition) is 1. The largest absolute Gasteiger partial charge is 0.349 e. The number of piperidine rings is 1. The summed E-state index contributed by atoms with van der Waals surface area (Å²) in [6, 6.07) is 6.05. The number of benzene rings is 1. The summed E-state index contributed by atoms with van der Waals surface area (Å²) in [6.45, 7) is 10.8. The zero-order chi connectivity index (χ0) is 15.6. The summed E-state index contributed by atoms with van der Waals surface area (Å²) in [4.78, 5) is 14.9. The van der Waals surface area contributed by atoms with E-state index in [1.165, 1.54) is 0 Å². The molecule has 0 bridgehead atoms. The number of halogens is 1. The molecule has 1 N–H and O–H groups in total. The van der Waals surface area contributed by atoms with Crippen LogP contribution in [0, 0.1) is 6.92 Å². The van der Waals surface area contributed by atoms with Crippen LogP contribution >= 0.6 is 15.9 Å². The average molecular weight is 353 g/mol. The van der Waals surface area contributed by atoms with E-state index in [-0.39, 0.29) is 17.5 Å². The lowest BCUT2D eigenvalue weighted by atomic mass is 9.97. The van der Waals surface area contributed by atoms with E-state index in [0.29, 0.717) is 0 Å². The zero-order valence-corrected chi connectivity index (χ0v) is 15.0. The summed E-state index contributed by atoms with van der Waals surface area (Å²) < 4.78 is 0.984. The Morgan fingerprint density at radius 3 is 2.48 bits per heavy atom. The Hall–Kier alpha value is -0.870. The Balaban J connectivity index is 1.95. The highest BCUT2D eigenvalue weighted by Gasteiger charge is 2.27. The van der Waals surface area contributed by atoms with E-state index in [1.807, 2.05) is 25.1 Å². The lowest BCUT2D eigenvalue weighted by molar-refractivity contribution is 0.0812. The van der Waals surface area contributed by atoms with Gasteiger partial charge in [0.25, 0.3) is 5.91 Å². The maximum Gasteiger partial charge on any atom is 0.251 e. The van der Waals surface area contributed by atoms with Crippen LogP contribution in [0.25, 0.3) is 0 Å². The molecule has 1 aromatic carbocycles. The van der Waals surface area contributed by atoms with Gasteiger partial charge in [0.05, 0.1) is 0 Å². The predicted octanol–water partition coefficient (Wildman–Crippen LogP) is 3.75. The fourth-order valence-electron chi connectivity index (χ4n) is 2.81. The third-order valence-corrected chi connectivity index (χ3v) is 5.15. The normalized spacial score (nSPS) is 17.8. The minimum absolute atomic E-state index is 0.0445. The van der Waals surface area contributed by atoms with Gasteiger partial charge in [-0.1, -0.05) is 22.0 Å². The van der Waals surface area contributed by atoms with E-state index in [1.54, 1.807) is 0 Å². The van der Waals surface area contributed by atoms with Gasteiger partial charge in [-0.2, -0.15) is 0 Å². The molecule has 1 aliphatic heterocycles. The monoisotopic (exact) mass is 352 g/mol. The van der Waals surface area contributed by atoms with Gasteiger partial charge in [-0.3, -0.25) is 9.69 Å². The number of hydrogen-bond acceptors (Lipinski definition) is 2. The molecule has 0 aliphatic carbocycles. The topological polar surface area (TPSA) is 32.3 Å². The fraction of sp³-hybridized carbons (Fsp3) is 0.588. The van der Waals surface area contributed by atoms with Gasteiger partial charge in [0.1, 0.15) is 0 Å². The molecule has 1 heterocycles. The second-order valence-corrected chi connectivity index (χ2v) is 7.67. The smallest absolute Gasteiger partial charge is 0.251 e. The SMILES string of the molecule is Cc1c(Br)cccc1C(=O)NC1CCN(C(C)(C)C)CC1. The predicted molar refractivity (Wildman–Crippen MR) is 90.7 cm³/mol. The van der Waals surface area contributed by atoms with Crippen LogP contribution in [0.1, 0.15) is 49.5 Å².